The molecule has 1 aromatic carbocycles. The molecule has 2 unspecified atom stereocenters. The monoisotopic (exact) mass is 275 g/mol. The van der Waals surface area contributed by atoms with E-state index in [0.29, 0.717) is 12.5 Å². The third-order valence-electron chi connectivity index (χ3n) is 2.63. The molecular formula is C13H16F3NO2. The molecule has 3 nitrogen and oxygen atoms in total. The zero-order valence-electron chi connectivity index (χ0n) is 10.7. The number of nitrogens with one attached hydrogen (secondary N) is 1. The normalized spacial score (nSPS) is 14.0. The second-order valence-corrected chi connectivity index (χ2v) is 4.62. The van der Waals surface area contributed by atoms with E-state index in [1.165, 1.54) is 0 Å². The van der Waals surface area contributed by atoms with Gasteiger partial charge in [-0.3, -0.25) is 4.79 Å². The van der Waals surface area contributed by atoms with Crippen LogP contribution in [0.1, 0.15) is 30.6 Å². The van der Waals surface area contributed by atoms with Crippen molar-refractivity contribution in [3.63, 3.8) is 0 Å². The van der Waals surface area contributed by atoms with E-state index >= 15 is 0 Å². The standard InChI is InChI=1S/C13H16F3NO2/c1-7(5-8(2)18)6-17-13(19)9-3-4-10(14)12(16)11(9)15/h3-4,7-8,18H,5-6H2,1-2H3,(H,17,19). The van der Waals surface area contributed by atoms with Gasteiger partial charge in [-0.1, -0.05) is 6.92 Å². The molecule has 19 heavy (non-hydrogen) atoms. The number of carbonyl (C=O) groups excluding carboxylic acids is 1. The molecule has 1 aromatic rings. The number of hydrogen-bond donors (Lipinski definition) is 2. The van der Waals surface area contributed by atoms with Gasteiger partial charge >= 0.3 is 0 Å². The minimum Gasteiger partial charge on any atom is -0.393 e. The van der Waals surface area contributed by atoms with Crippen LogP contribution in [-0.2, 0) is 0 Å². The molecule has 1 amide bonds. The fourth-order valence-electron chi connectivity index (χ4n) is 1.73. The van der Waals surface area contributed by atoms with Crippen molar-refractivity contribution in [1.29, 1.82) is 0 Å². The van der Waals surface area contributed by atoms with E-state index in [2.05, 4.69) is 5.32 Å². The fraction of sp³-hybridized carbons (Fsp3) is 0.462. The van der Waals surface area contributed by atoms with Crippen molar-refractivity contribution in [2.75, 3.05) is 6.54 Å². The lowest BCUT2D eigenvalue weighted by atomic mass is 10.0. The smallest absolute Gasteiger partial charge is 0.254 e. The first-order valence-electron chi connectivity index (χ1n) is 5.92. The Morgan fingerprint density at radius 3 is 2.47 bits per heavy atom. The van der Waals surface area contributed by atoms with Crippen LogP contribution >= 0.6 is 0 Å². The number of aliphatic hydroxyl groups is 1. The highest BCUT2D eigenvalue weighted by Gasteiger charge is 2.19. The first-order chi connectivity index (χ1) is 8.82. The predicted octanol–water partition coefficient (Wildman–Crippen LogP) is 2.24. The molecule has 0 aromatic heterocycles. The van der Waals surface area contributed by atoms with Gasteiger partial charge in [0.2, 0.25) is 0 Å². The highest BCUT2D eigenvalue weighted by molar-refractivity contribution is 5.94. The van der Waals surface area contributed by atoms with Gasteiger partial charge in [0.1, 0.15) is 0 Å². The van der Waals surface area contributed by atoms with Crippen LogP contribution in [-0.4, -0.2) is 23.7 Å². The molecule has 0 fully saturated rings. The Bertz CT molecular complexity index is 463. The molecule has 6 heteroatoms. The van der Waals surface area contributed by atoms with Gasteiger partial charge in [-0.25, -0.2) is 13.2 Å². The van der Waals surface area contributed by atoms with Gasteiger partial charge in [-0.2, -0.15) is 0 Å². The van der Waals surface area contributed by atoms with Crippen LogP contribution < -0.4 is 5.32 Å². The number of hydrogen-bond acceptors (Lipinski definition) is 2. The lowest BCUT2D eigenvalue weighted by Crippen LogP contribution is -2.30. The molecule has 0 aliphatic carbocycles. The number of amides is 1. The number of carbonyl (C=O) groups is 1. The first kappa shape index (κ1) is 15.5. The zero-order valence-corrected chi connectivity index (χ0v) is 10.7. The number of halogens is 3. The lowest BCUT2D eigenvalue weighted by Gasteiger charge is -2.14. The topological polar surface area (TPSA) is 49.3 Å². The molecule has 2 N–H and O–H groups in total. The van der Waals surface area contributed by atoms with E-state index in [9.17, 15) is 18.0 Å². The van der Waals surface area contributed by atoms with Gasteiger partial charge in [0.15, 0.2) is 17.5 Å². The van der Waals surface area contributed by atoms with Gasteiger partial charge in [0.05, 0.1) is 11.7 Å². The van der Waals surface area contributed by atoms with Gasteiger partial charge in [-0.15, -0.1) is 0 Å². The molecule has 0 spiro atoms. The van der Waals surface area contributed by atoms with Crippen LogP contribution in [0.15, 0.2) is 12.1 Å². The second kappa shape index (κ2) is 6.56. The predicted molar refractivity (Wildman–Crippen MR) is 64.1 cm³/mol. The summed E-state index contributed by atoms with van der Waals surface area (Å²) in [5.74, 6) is -5.33. The summed E-state index contributed by atoms with van der Waals surface area (Å²) in [5.41, 5.74) is -0.539. The summed E-state index contributed by atoms with van der Waals surface area (Å²) in [6.45, 7) is 3.63. The van der Waals surface area contributed by atoms with Crippen LogP contribution in [0.2, 0.25) is 0 Å². The van der Waals surface area contributed by atoms with Gasteiger partial charge in [0.25, 0.3) is 5.91 Å². The summed E-state index contributed by atoms with van der Waals surface area (Å²) in [7, 11) is 0. The van der Waals surface area contributed by atoms with E-state index < -0.39 is 35.0 Å². The summed E-state index contributed by atoms with van der Waals surface area (Å²) in [5, 5.41) is 11.6. The van der Waals surface area contributed by atoms with Crippen molar-refractivity contribution >= 4 is 5.91 Å². The highest BCUT2D eigenvalue weighted by atomic mass is 19.2. The molecular weight excluding hydrogens is 259 g/mol. The number of rotatable bonds is 5. The van der Waals surface area contributed by atoms with E-state index in [-0.39, 0.29) is 12.5 Å². The van der Waals surface area contributed by atoms with E-state index in [0.717, 1.165) is 6.07 Å². The molecule has 0 aliphatic heterocycles. The highest BCUT2D eigenvalue weighted by Crippen LogP contribution is 2.15. The van der Waals surface area contributed by atoms with E-state index in [4.69, 9.17) is 5.11 Å². The van der Waals surface area contributed by atoms with Crippen LogP contribution in [0.5, 0.6) is 0 Å². The number of aliphatic hydroxyl groups excluding tert-OH is 1. The lowest BCUT2D eigenvalue weighted by molar-refractivity contribution is 0.0934. The van der Waals surface area contributed by atoms with Crippen LogP contribution in [0, 0.1) is 23.4 Å². The largest absolute Gasteiger partial charge is 0.393 e. The van der Waals surface area contributed by atoms with E-state index in [1.807, 2.05) is 0 Å². The fourth-order valence-corrected chi connectivity index (χ4v) is 1.73. The van der Waals surface area contributed by atoms with Crippen molar-refractivity contribution in [3.05, 3.63) is 35.1 Å². The Kier molecular flexibility index (Phi) is 5.35. The van der Waals surface area contributed by atoms with Crippen LogP contribution in [0.25, 0.3) is 0 Å². The Morgan fingerprint density at radius 2 is 1.89 bits per heavy atom. The Hall–Kier alpha value is -1.56. The SMILES string of the molecule is CC(O)CC(C)CNC(=O)c1ccc(F)c(F)c1F. The molecule has 106 valence electrons. The molecule has 0 heterocycles. The quantitative estimate of drug-likeness (QED) is 0.810. The minimum atomic E-state index is -1.66. The maximum absolute atomic E-state index is 13.3. The third-order valence-corrected chi connectivity index (χ3v) is 2.63. The van der Waals surface area contributed by atoms with Crippen LogP contribution in [0.3, 0.4) is 0 Å². The number of benzene rings is 1. The molecule has 2 atom stereocenters. The Balaban J connectivity index is 2.67. The summed E-state index contributed by atoms with van der Waals surface area (Å²) < 4.78 is 39.0. The van der Waals surface area contributed by atoms with Crippen molar-refractivity contribution in [1.82, 2.24) is 5.32 Å². The summed E-state index contributed by atoms with van der Waals surface area (Å²) in [6.07, 6.45) is -0.0347. The molecule has 0 saturated carbocycles. The van der Waals surface area contributed by atoms with Gasteiger partial charge < -0.3 is 10.4 Å². The molecule has 1 rings (SSSR count). The second-order valence-electron chi connectivity index (χ2n) is 4.62. The van der Waals surface area contributed by atoms with Gasteiger partial charge in [0, 0.05) is 6.54 Å². The third kappa shape index (κ3) is 4.24. The van der Waals surface area contributed by atoms with Crippen LogP contribution in [0.4, 0.5) is 13.2 Å². The maximum Gasteiger partial charge on any atom is 0.254 e. The van der Waals surface area contributed by atoms with Crippen molar-refractivity contribution in [2.45, 2.75) is 26.4 Å². The Labute approximate surface area is 109 Å². The molecule has 0 bridgehead atoms. The summed E-state index contributed by atoms with van der Waals surface area (Å²) in [4.78, 5) is 11.6. The summed E-state index contributed by atoms with van der Waals surface area (Å²) >= 11 is 0. The molecule has 0 saturated heterocycles. The summed E-state index contributed by atoms with van der Waals surface area (Å²) in [6, 6.07) is 1.59. The van der Waals surface area contributed by atoms with E-state index in [1.54, 1.807) is 13.8 Å². The zero-order chi connectivity index (χ0) is 14.6. The van der Waals surface area contributed by atoms with Crippen molar-refractivity contribution < 1.29 is 23.1 Å². The minimum absolute atomic E-state index is 0.0164. The maximum atomic E-state index is 13.3. The molecule has 0 radical (unpaired) electrons. The van der Waals surface area contributed by atoms with Crippen molar-refractivity contribution in [3.8, 4) is 0 Å². The van der Waals surface area contributed by atoms with Crippen molar-refractivity contribution in [2.24, 2.45) is 5.92 Å². The first-order valence-corrected chi connectivity index (χ1v) is 5.92. The average Bonchev–Trinajstić information content (AvgIpc) is 2.32. The van der Waals surface area contributed by atoms with Gasteiger partial charge in [-0.05, 0) is 31.4 Å². The average molecular weight is 275 g/mol. The Morgan fingerprint density at radius 1 is 1.26 bits per heavy atom. The molecule has 0 aliphatic rings.